The van der Waals surface area contributed by atoms with Crippen LogP contribution in [-0.2, 0) is 16.8 Å². The summed E-state index contributed by atoms with van der Waals surface area (Å²) in [7, 11) is 1.99. The number of nitrogens with two attached hydrogens (primary N) is 1. The van der Waals surface area contributed by atoms with Gasteiger partial charge in [0, 0.05) is 29.0 Å². The van der Waals surface area contributed by atoms with Crippen LogP contribution in [-0.4, -0.2) is 53.4 Å². The molecule has 2 aliphatic rings. The number of anilines is 3. The third-order valence-corrected chi connectivity index (χ3v) is 7.59. The number of aryl methyl sites for hydroxylation is 1. The average Bonchev–Trinajstić information content (AvgIpc) is 3.32. The summed E-state index contributed by atoms with van der Waals surface area (Å²) in [6, 6.07) is 13.6. The number of nitrogens with one attached hydrogen (secondary N) is 1. The van der Waals surface area contributed by atoms with Crippen molar-refractivity contribution < 1.29 is 14.0 Å². The van der Waals surface area contributed by atoms with Crippen LogP contribution in [0.3, 0.4) is 0 Å². The molecule has 0 radical (unpaired) electrons. The second-order valence-corrected chi connectivity index (χ2v) is 10.4. The molecule has 2 atom stereocenters. The first kappa shape index (κ1) is 26.3. The van der Waals surface area contributed by atoms with E-state index >= 15 is 0 Å². The van der Waals surface area contributed by atoms with E-state index in [4.69, 9.17) is 15.7 Å². The molecule has 2 aromatic carbocycles. The highest BCUT2D eigenvalue weighted by Crippen LogP contribution is 2.44. The third-order valence-electron chi connectivity index (χ3n) is 7.59. The largest absolute Gasteiger partial charge is 0.399 e. The summed E-state index contributed by atoms with van der Waals surface area (Å²) in [5.41, 5.74) is 9.40. The number of likely N-dealkylation sites (tertiary alicyclic amines) is 1. The maximum absolute atomic E-state index is 14.2. The number of ketones is 1. The van der Waals surface area contributed by atoms with Crippen LogP contribution < -0.4 is 16.0 Å². The number of nitriles is 1. The van der Waals surface area contributed by atoms with Crippen molar-refractivity contribution in [1.29, 1.82) is 5.26 Å². The molecule has 5 rings (SSSR count). The van der Waals surface area contributed by atoms with E-state index in [0.29, 0.717) is 41.5 Å². The first-order valence-electron chi connectivity index (χ1n) is 12.8. The Kier molecular flexibility index (Phi) is 6.78. The number of carbonyl (C=O) groups excluding carboxylic acids is 2. The molecule has 10 heteroatoms. The van der Waals surface area contributed by atoms with Crippen LogP contribution in [0.2, 0.25) is 0 Å². The van der Waals surface area contributed by atoms with Gasteiger partial charge in [0.1, 0.15) is 17.1 Å². The fourth-order valence-corrected chi connectivity index (χ4v) is 5.61. The lowest BCUT2D eigenvalue weighted by Crippen LogP contribution is -2.53. The van der Waals surface area contributed by atoms with Crippen molar-refractivity contribution in [2.45, 2.75) is 38.3 Å². The number of likely N-dealkylation sites (N-methyl/N-ethyl adjacent to an activating group) is 1. The number of fused-ring (bicyclic) bond motifs is 2. The van der Waals surface area contributed by atoms with Gasteiger partial charge in [-0.3, -0.25) is 9.59 Å². The number of Topliss-reactive ketones (excluding diaryl/α,β-unsaturated/α-hetero) is 1. The minimum absolute atomic E-state index is 0.0597. The van der Waals surface area contributed by atoms with E-state index in [1.807, 2.05) is 27.0 Å². The van der Waals surface area contributed by atoms with Crippen LogP contribution in [0.1, 0.15) is 58.0 Å². The highest BCUT2D eigenvalue weighted by Gasteiger charge is 2.53. The Morgan fingerprint density at radius 1 is 1.26 bits per heavy atom. The molecule has 1 unspecified atom stereocenters. The standard InChI is InChI=1S/C29H30FN7O2/c1-17(21-10-19(14-31)11-22(32)12-21)33-27-24-15-37(23-6-4-20(5-7-23)25(38)13-30)28(39)29(8-9-36(3)16-29)26(24)34-18(2)35-27/h4-7,10-12,17H,8-9,13,15-16,32H2,1-3H3,(H,33,34,35)/t17-,29?/m1/s1. The summed E-state index contributed by atoms with van der Waals surface area (Å²) in [5.74, 6) is 0.506. The number of amides is 1. The topological polar surface area (TPSA) is 128 Å². The van der Waals surface area contributed by atoms with Crippen LogP contribution in [0.15, 0.2) is 42.5 Å². The molecule has 1 saturated heterocycles. The molecule has 200 valence electrons. The van der Waals surface area contributed by atoms with Gasteiger partial charge in [0.15, 0.2) is 12.5 Å². The molecule has 3 heterocycles. The molecular weight excluding hydrogens is 497 g/mol. The van der Waals surface area contributed by atoms with Crippen LogP contribution in [0.4, 0.5) is 21.6 Å². The van der Waals surface area contributed by atoms with E-state index in [2.05, 4.69) is 16.3 Å². The number of nitrogens with zero attached hydrogens (tertiary/aromatic N) is 5. The van der Waals surface area contributed by atoms with Gasteiger partial charge in [0.25, 0.3) is 0 Å². The van der Waals surface area contributed by atoms with Crippen molar-refractivity contribution in [3.63, 3.8) is 0 Å². The van der Waals surface area contributed by atoms with E-state index in [-0.39, 0.29) is 24.1 Å². The lowest BCUT2D eigenvalue weighted by molar-refractivity contribution is -0.124. The summed E-state index contributed by atoms with van der Waals surface area (Å²) in [5, 5.41) is 12.9. The van der Waals surface area contributed by atoms with Gasteiger partial charge in [-0.15, -0.1) is 0 Å². The second kappa shape index (κ2) is 10.1. The van der Waals surface area contributed by atoms with Gasteiger partial charge in [-0.1, -0.05) is 0 Å². The number of carbonyl (C=O) groups is 2. The number of alkyl halides is 1. The molecule has 3 N–H and O–H groups in total. The fraction of sp³-hybridized carbons (Fsp3) is 0.345. The van der Waals surface area contributed by atoms with Crippen molar-refractivity contribution in [3.05, 3.63) is 76.2 Å². The molecular formula is C29H30FN7O2. The minimum atomic E-state index is -1.07. The van der Waals surface area contributed by atoms with Crippen molar-refractivity contribution in [1.82, 2.24) is 14.9 Å². The molecule has 9 nitrogen and oxygen atoms in total. The van der Waals surface area contributed by atoms with Gasteiger partial charge in [-0.2, -0.15) is 5.26 Å². The molecule has 1 aromatic heterocycles. The van der Waals surface area contributed by atoms with E-state index < -0.39 is 17.9 Å². The summed E-state index contributed by atoms with van der Waals surface area (Å²) in [6.45, 7) is 4.19. The van der Waals surface area contributed by atoms with Crippen molar-refractivity contribution in [2.75, 3.05) is 42.8 Å². The van der Waals surface area contributed by atoms with E-state index in [1.54, 1.807) is 41.3 Å². The summed E-state index contributed by atoms with van der Waals surface area (Å²) >= 11 is 0. The van der Waals surface area contributed by atoms with Gasteiger partial charge in [0.2, 0.25) is 5.91 Å². The summed E-state index contributed by atoms with van der Waals surface area (Å²) in [6.07, 6.45) is 0.608. The summed E-state index contributed by atoms with van der Waals surface area (Å²) < 4.78 is 12.9. The Bertz CT molecular complexity index is 1500. The lowest BCUT2D eigenvalue weighted by atomic mass is 9.76. The van der Waals surface area contributed by atoms with Crippen LogP contribution in [0.25, 0.3) is 0 Å². The predicted molar refractivity (Wildman–Crippen MR) is 146 cm³/mol. The van der Waals surface area contributed by atoms with Gasteiger partial charge >= 0.3 is 0 Å². The first-order chi connectivity index (χ1) is 18.6. The van der Waals surface area contributed by atoms with Gasteiger partial charge < -0.3 is 20.9 Å². The maximum Gasteiger partial charge on any atom is 0.240 e. The van der Waals surface area contributed by atoms with Crippen LogP contribution in [0.5, 0.6) is 0 Å². The molecule has 0 saturated carbocycles. The smallest absolute Gasteiger partial charge is 0.240 e. The normalized spacial score (nSPS) is 19.6. The van der Waals surface area contributed by atoms with Gasteiger partial charge in [-0.05, 0) is 81.9 Å². The number of hydrogen-bond donors (Lipinski definition) is 2. The Morgan fingerprint density at radius 2 is 2.00 bits per heavy atom. The lowest BCUT2D eigenvalue weighted by Gasteiger charge is -2.41. The zero-order valence-electron chi connectivity index (χ0n) is 22.2. The first-order valence-corrected chi connectivity index (χ1v) is 12.8. The van der Waals surface area contributed by atoms with E-state index in [0.717, 1.165) is 23.4 Å². The number of nitrogen functional groups attached to an aromatic ring is 1. The number of hydrogen-bond acceptors (Lipinski definition) is 8. The third kappa shape index (κ3) is 4.70. The quantitative estimate of drug-likeness (QED) is 0.367. The monoisotopic (exact) mass is 527 g/mol. The van der Waals surface area contributed by atoms with Crippen molar-refractivity contribution in [3.8, 4) is 6.07 Å². The van der Waals surface area contributed by atoms with Crippen molar-refractivity contribution >= 4 is 28.9 Å². The highest BCUT2D eigenvalue weighted by molar-refractivity contribution is 6.04. The van der Waals surface area contributed by atoms with Crippen LogP contribution in [0, 0.1) is 18.3 Å². The molecule has 1 amide bonds. The number of aromatic nitrogens is 2. The molecule has 39 heavy (non-hydrogen) atoms. The Balaban J connectivity index is 1.59. The number of rotatable bonds is 6. The Hall–Kier alpha value is -4.36. The van der Waals surface area contributed by atoms with Gasteiger partial charge in [-0.25, -0.2) is 14.4 Å². The molecule has 0 bridgehead atoms. The minimum Gasteiger partial charge on any atom is -0.399 e. The molecule has 1 spiro atoms. The maximum atomic E-state index is 14.2. The SMILES string of the molecule is Cc1nc(N[C@H](C)c2cc(N)cc(C#N)c2)c2c(n1)C1(CCN(C)C1)C(=O)N(c1ccc(C(=O)CF)cc1)C2. The zero-order chi connectivity index (χ0) is 27.9. The highest BCUT2D eigenvalue weighted by atomic mass is 19.1. The van der Waals surface area contributed by atoms with Gasteiger partial charge in [0.05, 0.1) is 29.9 Å². The van der Waals surface area contributed by atoms with E-state index in [9.17, 15) is 19.2 Å². The number of halogens is 1. The van der Waals surface area contributed by atoms with Crippen LogP contribution >= 0.6 is 0 Å². The second-order valence-electron chi connectivity index (χ2n) is 10.4. The fourth-order valence-electron chi connectivity index (χ4n) is 5.61. The van der Waals surface area contributed by atoms with Crippen molar-refractivity contribution in [2.24, 2.45) is 0 Å². The molecule has 1 fully saturated rings. The Labute approximate surface area is 226 Å². The Morgan fingerprint density at radius 3 is 2.64 bits per heavy atom. The predicted octanol–water partition coefficient (Wildman–Crippen LogP) is 3.68. The summed E-state index contributed by atoms with van der Waals surface area (Å²) in [4.78, 5) is 39.3. The average molecular weight is 528 g/mol. The molecule has 0 aliphatic carbocycles. The number of benzene rings is 2. The zero-order valence-corrected chi connectivity index (χ0v) is 22.2. The molecule has 2 aliphatic heterocycles. The molecule has 3 aromatic rings. The van der Waals surface area contributed by atoms with E-state index in [1.165, 1.54) is 0 Å².